The monoisotopic (exact) mass is 842 g/mol. The number of benzene rings is 9. The predicted molar refractivity (Wildman–Crippen MR) is 260 cm³/mol. The van der Waals surface area contributed by atoms with Gasteiger partial charge in [0.2, 0.25) is 0 Å². The van der Waals surface area contributed by atoms with Gasteiger partial charge in [-0.25, -0.2) is 0 Å². The van der Waals surface area contributed by atoms with Crippen LogP contribution in [0.1, 0.15) is 20.7 Å². The molecule has 0 saturated carbocycles. The maximum absolute atomic E-state index is 15.4. The van der Waals surface area contributed by atoms with Crippen LogP contribution in [0, 0.1) is 0 Å². The zero-order valence-corrected chi connectivity index (χ0v) is 35.7. The first-order chi connectivity index (χ1) is 30.5. The van der Waals surface area contributed by atoms with Crippen molar-refractivity contribution in [3.05, 3.63) is 278 Å². The second-order valence-corrected chi connectivity index (χ2v) is 23.7. The fourth-order valence-corrected chi connectivity index (χ4v) is 20.3. The molecule has 62 heavy (non-hydrogen) atoms. The molecule has 0 amide bonds. The Morgan fingerprint density at radius 1 is 0.242 bits per heavy atom. The van der Waals surface area contributed by atoms with Gasteiger partial charge < -0.3 is 0 Å². The quantitative estimate of drug-likeness (QED) is 0.115. The Labute approximate surface area is 363 Å². The van der Waals surface area contributed by atoms with E-state index < -0.39 is 25.6 Å². The summed E-state index contributed by atoms with van der Waals surface area (Å²) in [7, 11) is 0. The van der Waals surface area contributed by atoms with Crippen LogP contribution in [-0.4, -0.2) is 11.9 Å². The molecule has 0 fully saturated rings. The molecule has 6 heteroatoms. The van der Waals surface area contributed by atoms with Gasteiger partial charge in [0.15, 0.2) is 0 Å². The van der Waals surface area contributed by atoms with Gasteiger partial charge in [0.25, 0.3) is 0 Å². The molecule has 0 bridgehead atoms. The van der Waals surface area contributed by atoms with Crippen molar-refractivity contribution in [1.82, 2.24) is 0 Å². The third-order valence-electron chi connectivity index (χ3n) is 11.9. The molecule has 302 valence electrons. The molecule has 0 unspecified atom stereocenters. The van der Waals surface area contributed by atoms with Crippen molar-refractivity contribution >= 4 is 68.0 Å². The summed E-state index contributed by atoms with van der Waals surface area (Å²) in [6, 6.07) is 87.1. The van der Waals surface area contributed by atoms with Gasteiger partial charge in [-0.1, -0.05) is 0 Å². The number of hydrogen-bond donors (Lipinski definition) is 0. The summed E-state index contributed by atoms with van der Waals surface area (Å²) in [6.07, 6.45) is 0. The molecule has 9 aromatic rings. The van der Waals surface area contributed by atoms with E-state index in [2.05, 4.69) is 97.1 Å². The molecule has 9 rings (SSSR count). The summed E-state index contributed by atoms with van der Waals surface area (Å²) in [6.45, 7) is -8.74. The van der Waals surface area contributed by atoms with Gasteiger partial charge in [0.1, 0.15) is 0 Å². The third-order valence-corrected chi connectivity index (χ3v) is 23.2. The van der Waals surface area contributed by atoms with E-state index in [0.717, 1.165) is 42.4 Å². The van der Waals surface area contributed by atoms with Gasteiger partial charge >= 0.3 is 365 Å². The first-order valence-electron chi connectivity index (χ1n) is 20.6. The van der Waals surface area contributed by atoms with Crippen LogP contribution < -0.4 is 42.4 Å². The summed E-state index contributed by atoms with van der Waals surface area (Å²) >= 11 is 0. The molecular weight excluding hydrogens is 799 g/mol. The van der Waals surface area contributed by atoms with E-state index in [4.69, 9.17) is 9.05 Å². The topological polar surface area (TPSA) is 52.6 Å². The Hall–Kier alpha value is -7.22. The molecule has 0 aliphatic heterocycles. The molecule has 0 heterocycles. The van der Waals surface area contributed by atoms with Crippen LogP contribution in [0.4, 0.5) is 0 Å². The van der Waals surface area contributed by atoms with Crippen molar-refractivity contribution < 1.29 is 18.6 Å². The molecule has 4 nitrogen and oxygen atoms in total. The van der Waals surface area contributed by atoms with Gasteiger partial charge in [0.05, 0.1) is 0 Å². The summed E-state index contributed by atoms with van der Waals surface area (Å²) in [5, 5.41) is 6.89. The Balaban J connectivity index is 1.25. The van der Waals surface area contributed by atoms with Crippen LogP contribution in [0.15, 0.2) is 267 Å². The zero-order valence-electron chi connectivity index (χ0n) is 33.9. The van der Waals surface area contributed by atoms with Crippen LogP contribution >= 0.6 is 13.7 Å². The summed E-state index contributed by atoms with van der Waals surface area (Å²) in [4.78, 5) is 30.9. The van der Waals surface area contributed by atoms with Crippen molar-refractivity contribution in [3.63, 3.8) is 0 Å². The van der Waals surface area contributed by atoms with Crippen LogP contribution in [0.25, 0.3) is 0 Å². The van der Waals surface area contributed by atoms with E-state index in [1.807, 2.05) is 146 Å². The average Bonchev–Trinajstić information content (AvgIpc) is 3.37. The van der Waals surface area contributed by atoms with Crippen molar-refractivity contribution in [2.45, 2.75) is 0 Å². The van der Waals surface area contributed by atoms with Crippen molar-refractivity contribution in [1.29, 1.82) is 0 Å². The first kappa shape index (κ1) is 40.2. The van der Waals surface area contributed by atoms with Gasteiger partial charge in [-0.3, -0.25) is 0 Å². The number of carbonyl (C=O) groups excluding carboxylic acids is 2. The van der Waals surface area contributed by atoms with Crippen molar-refractivity contribution in [2.24, 2.45) is 0 Å². The van der Waals surface area contributed by atoms with E-state index in [0.29, 0.717) is 0 Å². The van der Waals surface area contributed by atoms with Crippen LogP contribution in [-0.2, 0) is 9.05 Å². The summed E-state index contributed by atoms with van der Waals surface area (Å²) in [5.74, 6) is -1.15. The molecule has 9 aromatic carbocycles. The van der Waals surface area contributed by atoms with Gasteiger partial charge in [-0.15, -0.1) is 0 Å². The molecule has 0 aromatic heterocycles. The second kappa shape index (κ2) is 16.7. The molecular formula is C56H44O4P2. The van der Waals surface area contributed by atoms with Crippen molar-refractivity contribution in [3.8, 4) is 0 Å². The van der Waals surface area contributed by atoms with Gasteiger partial charge in [0, 0.05) is 0 Å². The Bertz CT molecular complexity index is 2390. The van der Waals surface area contributed by atoms with Crippen LogP contribution in [0.5, 0.6) is 0 Å². The van der Waals surface area contributed by atoms with Gasteiger partial charge in [-0.2, -0.15) is 0 Å². The number of carbonyl (C=O) groups is 2. The SMILES string of the molecule is O=C(OP(c1ccccc1)(c1ccccc1)(c1ccccc1)c1ccccc1)c1cccc(C(=O)OP(c2ccccc2)(c2ccccc2)(c2ccccc2)c2ccccc2)c1. The Morgan fingerprint density at radius 2 is 0.419 bits per heavy atom. The normalized spacial score (nSPS) is 12.7. The predicted octanol–water partition coefficient (Wildman–Crippen LogP) is 9.54. The molecule has 0 saturated heterocycles. The van der Waals surface area contributed by atoms with E-state index in [9.17, 15) is 0 Å². The molecule has 0 aliphatic rings. The van der Waals surface area contributed by atoms with E-state index in [1.54, 1.807) is 24.3 Å². The van der Waals surface area contributed by atoms with Crippen LogP contribution in [0.3, 0.4) is 0 Å². The molecule has 0 radical (unpaired) electrons. The fourth-order valence-electron chi connectivity index (χ4n) is 9.12. The van der Waals surface area contributed by atoms with E-state index >= 15 is 9.59 Å². The van der Waals surface area contributed by atoms with Crippen LogP contribution in [0.2, 0.25) is 0 Å². The Morgan fingerprint density at radius 3 is 0.597 bits per heavy atom. The standard InChI is InChI=1S/C56H44O4P2/c57-55(59-61(47-28-9-1-10-29-47,48-30-11-2-12-31-48,49-32-13-3-14-33-49)50-34-15-4-16-35-50)45-26-25-27-46(44-45)56(58)60-62(51-36-17-5-18-37-51,52-38-19-6-20-39-52,53-40-21-7-22-41-53)54-42-23-8-24-43-54/h1-44H. The summed E-state index contributed by atoms with van der Waals surface area (Å²) in [5.41, 5.74) is 0.428. The maximum atomic E-state index is 15.4. The average molecular weight is 843 g/mol. The number of rotatable bonds is 12. The molecule has 0 N–H and O–H groups in total. The molecule has 0 atom stereocenters. The minimum atomic E-state index is -4.37. The van der Waals surface area contributed by atoms with E-state index in [1.165, 1.54) is 0 Å². The Kier molecular flexibility index (Phi) is 10.8. The molecule has 0 spiro atoms. The zero-order chi connectivity index (χ0) is 42.3. The minimum absolute atomic E-state index is 0.214. The fraction of sp³-hybridized carbons (Fsp3) is 0. The third kappa shape index (κ3) is 6.22. The molecule has 0 aliphatic carbocycles. The second-order valence-electron chi connectivity index (χ2n) is 15.1. The van der Waals surface area contributed by atoms with Crippen molar-refractivity contribution in [2.75, 3.05) is 0 Å². The van der Waals surface area contributed by atoms with E-state index in [-0.39, 0.29) is 11.1 Å². The first-order valence-corrected chi connectivity index (χ1v) is 24.9. The van der Waals surface area contributed by atoms with Gasteiger partial charge in [-0.05, 0) is 0 Å². The number of hydrogen-bond acceptors (Lipinski definition) is 4. The summed E-state index contributed by atoms with van der Waals surface area (Å²) < 4.78 is 14.9.